The molecule has 0 fully saturated rings. The second kappa shape index (κ2) is 7.86. The van der Waals surface area contributed by atoms with Gasteiger partial charge in [0.05, 0.1) is 17.7 Å². The largest absolute Gasteiger partial charge is 0.494 e. The Bertz CT molecular complexity index is 1210. The van der Waals surface area contributed by atoms with Crippen LogP contribution in [0, 0.1) is 5.82 Å². The van der Waals surface area contributed by atoms with E-state index in [2.05, 4.69) is 4.98 Å². The highest BCUT2D eigenvalue weighted by Gasteiger charge is 2.22. The molecule has 0 unspecified atom stereocenters. The number of benzene rings is 2. The SMILES string of the molecule is COc1ccc(-c2c(Cl)ncn2-c2ccc(S(=O)(=O)NP(N)(N)=O)cc2)cc1F. The van der Waals surface area contributed by atoms with Gasteiger partial charge >= 0.3 is 0 Å². The van der Waals surface area contributed by atoms with Crippen molar-refractivity contribution in [1.82, 2.24) is 14.0 Å². The van der Waals surface area contributed by atoms with E-state index in [1.54, 1.807) is 15.1 Å². The zero-order valence-electron chi connectivity index (χ0n) is 14.9. The Hall–Kier alpha value is -2.27. The number of rotatable bonds is 6. The van der Waals surface area contributed by atoms with Crippen LogP contribution in [0.2, 0.25) is 5.15 Å². The zero-order chi connectivity index (χ0) is 21.4. The number of methoxy groups -OCH3 is 1. The van der Waals surface area contributed by atoms with Gasteiger partial charge in [0.15, 0.2) is 16.7 Å². The number of nitrogens with one attached hydrogen (secondary N) is 1. The second-order valence-corrected chi connectivity index (χ2v) is 9.89. The van der Waals surface area contributed by atoms with Gasteiger partial charge in [-0.15, -0.1) is 4.49 Å². The summed E-state index contributed by atoms with van der Waals surface area (Å²) in [5.74, 6) is -0.496. The lowest BCUT2D eigenvalue weighted by Crippen LogP contribution is -2.28. The van der Waals surface area contributed by atoms with Crippen LogP contribution in [-0.4, -0.2) is 25.1 Å². The van der Waals surface area contributed by atoms with Gasteiger partial charge in [-0.2, -0.15) is 0 Å². The van der Waals surface area contributed by atoms with Gasteiger partial charge in [-0.05, 0) is 42.5 Å². The first-order chi connectivity index (χ1) is 13.5. The molecule has 1 aromatic heterocycles. The number of nitrogens with two attached hydrogens (primary N) is 2. The Morgan fingerprint density at radius 3 is 2.41 bits per heavy atom. The standard InChI is InChI=1S/C16H16ClFN5O4PS/c1-27-14-7-2-10(8-13(14)18)15-16(17)21-9-23(15)11-3-5-12(6-4-11)29(25,26)22-28(19,20)24/h2-9H,1H3,(H5,19,20,22,24). The lowest BCUT2D eigenvalue weighted by molar-refractivity contribution is 0.386. The molecule has 0 aliphatic rings. The van der Waals surface area contributed by atoms with E-state index in [1.165, 1.54) is 49.8 Å². The number of nitrogens with zero attached hydrogens (tertiary/aromatic N) is 2. The molecule has 13 heteroatoms. The summed E-state index contributed by atoms with van der Waals surface area (Å²) in [5, 5.41) is 0.125. The predicted octanol–water partition coefficient (Wildman–Crippen LogP) is 2.64. The number of hydrogen-bond acceptors (Lipinski definition) is 5. The van der Waals surface area contributed by atoms with E-state index >= 15 is 0 Å². The molecule has 0 radical (unpaired) electrons. The average Bonchev–Trinajstić information content (AvgIpc) is 3.01. The van der Waals surface area contributed by atoms with Crippen LogP contribution in [0.1, 0.15) is 0 Å². The molecule has 0 spiro atoms. The molecule has 0 amide bonds. The highest BCUT2D eigenvalue weighted by Crippen LogP contribution is 2.32. The molecule has 29 heavy (non-hydrogen) atoms. The maximum atomic E-state index is 14.1. The monoisotopic (exact) mass is 459 g/mol. The van der Waals surface area contributed by atoms with Gasteiger partial charge in [-0.1, -0.05) is 11.6 Å². The minimum atomic E-state index is -4.16. The third-order valence-electron chi connectivity index (χ3n) is 3.84. The lowest BCUT2D eigenvalue weighted by atomic mass is 10.1. The summed E-state index contributed by atoms with van der Waals surface area (Å²) < 4.78 is 58.0. The van der Waals surface area contributed by atoms with E-state index in [9.17, 15) is 17.4 Å². The molecule has 0 bridgehead atoms. The van der Waals surface area contributed by atoms with Crippen molar-refractivity contribution in [3.8, 4) is 22.7 Å². The van der Waals surface area contributed by atoms with Crippen LogP contribution in [0.25, 0.3) is 16.9 Å². The minimum Gasteiger partial charge on any atom is -0.494 e. The lowest BCUT2D eigenvalue weighted by Gasteiger charge is -2.12. The summed E-state index contributed by atoms with van der Waals surface area (Å²) in [6.07, 6.45) is 1.41. The first-order valence-electron chi connectivity index (χ1n) is 7.90. The fourth-order valence-electron chi connectivity index (χ4n) is 2.62. The quantitative estimate of drug-likeness (QED) is 0.481. The van der Waals surface area contributed by atoms with Gasteiger partial charge in [0.1, 0.15) is 6.33 Å². The van der Waals surface area contributed by atoms with Crippen molar-refractivity contribution < 1.29 is 22.1 Å². The summed E-state index contributed by atoms with van der Waals surface area (Å²) >= 11 is 6.18. The Kier molecular flexibility index (Phi) is 5.81. The Morgan fingerprint density at radius 2 is 1.86 bits per heavy atom. The van der Waals surface area contributed by atoms with Crippen molar-refractivity contribution in [3.63, 3.8) is 0 Å². The Morgan fingerprint density at radius 1 is 1.21 bits per heavy atom. The molecule has 154 valence electrons. The fraction of sp³-hybridized carbons (Fsp3) is 0.0625. The molecule has 1 heterocycles. The highest BCUT2D eigenvalue weighted by molar-refractivity contribution is 7.95. The van der Waals surface area contributed by atoms with Gasteiger partial charge in [0, 0.05) is 11.3 Å². The number of imidazole rings is 1. The molecular weight excluding hydrogens is 444 g/mol. The maximum Gasteiger partial charge on any atom is 0.287 e. The van der Waals surface area contributed by atoms with Crippen LogP contribution in [0.3, 0.4) is 0 Å². The highest BCUT2D eigenvalue weighted by atomic mass is 35.5. The van der Waals surface area contributed by atoms with Crippen LogP contribution >= 0.6 is 19.2 Å². The van der Waals surface area contributed by atoms with Gasteiger partial charge in [0.2, 0.25) is 10.0 Å². The van der Waals surface area contributed by atoms with E-state index in [4.69, 9.17) is 27.3 Å². The normalized spacial score (nSPS) is 12.2. The molecule has 2 aromatic carbocycles. The smallest absolute Gasteiger partial charge is 0.287 e. The van der Waals surface area contributed by atoms with Gasteiger partial charge in [-0.25, -0.2) is 17.8 Å². The average molecular weight is 460 g/mol. The molecule has 0 aliphatic carbocycles. The summed E-state index contributed by atoms with van der Waals surface area (Å²) in [6, 6.07) is 9.78. The summed E-state index contributed by atoms with van der Waals surface area (Å²) in [5.41, 5.74) is 11.5. The maximum absolute atomic E-state index is 14.1. The number of sulfonamides is 1. The Balaban J connectivity index is 2.01. The molecular formula is C16H16ClFN5O4PS. The topological polar surface area (TPSA) is 142 Å². The van der Waals surface area contributed by atoms with E-state index in [0.29, 0.717) is 16.9 Å². The molecule has 9 nitrogen and oxygen atoms in total. The van der Waals surface area contributed by atoms with Crippen molar-refractivity contribution in [2.75, 3.05) is 7.11 Å². The number of ether oxygens (including phenoxy) is 1. The third kappa shape index (κ3) is 4.67. The van der Waals surface area contributed by atoms with Crippen LogP contribution in [0.15, 0.2) is 53.7 Å². The number of hydrogen-bond donors (Lipinski definition) is 3. The first kappa shape index (κ1) is 21.4. The second-order valence-electron chi connectivity index (χ2n) is 5.90. The van der Waals surface area contributed by atoms with E-state index in [0.717, 1.165) is 0 Å². The first-order valence-corrected chi connectivity index (χ1v) is 11.6. The van der Waals surface area contributed by atoms with Gasteiger partial charge < -0.3 is 4.74 Å². The number of halogens is 2. The van der Waals surface area contributed by atoms with E-state index in [-0.39, 0.29) is 15.8 Å². The number of aromatic nitrogens is 2. The van der Waals surface area contributed by atoms with E-state index in [1.807, 2.05) is 0 Å². The van der Waals surface area contributed by atoms with Crippen molar-refractivity contribution in [2.24, 2.45) is 11.0 Å². The van der Waals surface area contributed by atoms with E-state index < -0.39 is 23.4 Å². The summed E-state index contributed by atoms with van der Waals surface area (Å²) in [7, 11) is -6.80. The summed E-state index contributed by atoms with van der Waals surface area (Å²) in [6.45, 7) is 0. The van der Waals surface area contributed by atoms with Gasteiger partial charge in [-0.3, -0.25) is 20.1 Å². The van der Waals surface area contributed by atoms with Crippen LogP contribution in [0.5, 0.6) is 5.75 Å². The molecule has 3 aromatic rings. The molecule has 5 N–H and O–H groups in total. The van der Waals surface area contributed by atoms with Crippen LogP contribution in [0.4, 0.5) is 4.39 Å². The molecule has 3 rings (SSSR count). The molecule has 0 saturated heterocycles. The fourth-order valence-corrected chi connectivity index (χ4v) is 5.28. The van der Waals surface area contributed by atoms with Crippen molar-refractivity contribution in [3.05, 3.63) is 59.8 Å². The van der Waals surface area contributed by atoms with Crippen molar-refractivity contribution in [2.45, 2.75) is 4.90 Å². The summed E-state index contributed by atoms with van der Waals surface area (Å²) in [4.78, 5) is 3.84. The molecule has 0 aliphatic heterocycles. The van der Waals surface area contributed by atoms with Crippen LogP contribution in [-0.2, 0) is 14.6 Å². The third-order valence-corrected chi connectivity index (χ3v) is 7.11. The molecule has 0 atom stereocenters. The van der Waals surface area contributed by atoms with Crippen molar-refractivity contribution in [1.29, 1.82) is 0 Å². The van der Waals surface area contributed by atoms with Crippen LogP contribution < -0.4 is 20.2 Å². The predicted molar refractivity (Wildman–Crippen MR) is 107 cm³/mol. The van der Waals surface area contributed by atoms with Gasteiger partial charge in [0.25, 0.3) is 7.59 Å². The molecule has 0 saturated carbocycles. The minimum absolute atomic E-state index is 0.0788. The Labute approximate surface area is 171 Å². The zero-order valence-corrected chi connectivity index (χ0v) is 17.4. The van der Waals surface area contributed by atoms with Crippen molar-refractivity contribution >= 4 is 29.2 Å².